The molecule has 1 aliphatic carbocycles. The minimum Gasteiger partial charge on any atom is -0.492 e. The first-order valence-corrected chi connectivity index (χ1v) is 10.8. The largest absolute Gasteiger partial charge is 0.492 e. The van der Waals surface area contributed by atoms with Crippen LogP contribution in [0.3, 0.4) is 0 Å². The third-order valence-corrected chi connectivity index (χ3v) is 5.66. The van der Waals surface area contributed by atoms with E-state index in [9.17, 15) is 0 Å². The van der Waals surface area contributed by atoms with Crippen molar-refractivity contribution in [3.05, 3.63) is 53.6 Å². The predicted octanol–water partition coefficient (Wildman–Crippen LogP) is 7.07. The number of rotatable bonds is 7. The van der Waals surface area contributed by atoms with E-state index in [2.05, 4.69) is 23.3 Å². The highest BCUT2D eigenvalue weighted by molar-refractivity contribution is 6.32. The number of hydrogen-bond acceptors (Lipinski definition) is 4. The van der Waals surface area contributed by atoms with Crippen LogP contribution in [0, 0.1) is 5.92 Å². The lowest BCUT2D eigenvalue weighted by molar-refractivity contribution is 0.209. The first-order chi connectivity index (χ1) is 14.2. The number of fused-ring (bicyclic) bond motifs is 1. The van der Waals surface area contributed by atoms with Crippen molar-refractivity contribution in [2.45, 2.75) is 39.0 Å². The summed E-state index contributed by atoms with van der Waals surface area (Å²) in [5, 5.41) is 4.95. The molecule has 0 saturated heterocycles. The van der Waals surface area contributed by atoms with Crippen molar-refractivity contribution in [2.75, 3.05) is 18.5 Å². The van der Waals surface area contributed by atoms with Crippen LogP contribution in [0.5, 0.6) is 17.4 Å². The first-order valence-electron chi connectivity index (χ1n) is 10.5. The van der Waals surface area contributed by atoms with Gasteiger partial charge in [-0.3, -0.25) is 0 Å². The zero-order valence-corrected chi connectivity index (χ0v) is 17.5. The second-order valence-electron chi connectivity index (χ2n) is 7.60. The van der Waals surface area contributed by atoms with Crippen LogP contribution in [0.4, 0.5) is 5.69 Å². The Labute approximate surface area is 177 Å². The van der Waals surface area contributed by atoms with Crippen molar-refractivity contribution >= 4 is 28.2 Å². The van der Waals surface area contributed by atoms with Gasteiger partial charge in [-0.05, 0) is 62.1 Å². The average molecular weight is 411 g/mol. The first kappa shape index (κ1) is 19.8. The van der Waals surface area contributed by atoms with Crippen LogP contribution in [-0.2, 0) is 0 Å². The second-order valence-corrected chi connectivity index (χ2v) is 8.00. The van der Waals surface area contributed by atoms with E-state index in [0.29, 0.717) is 28.3 Å². The van der Waals surface area contributed by atoms with Crippen LogP contribution in [-0.4, -0.2) is 18.1 Å². The topological polar surface area (TPSA) is 43.4 Å². The number of nitrogens with zero attached hydrogens (tertiary/aromatic N) is 1. The van der Waals surface area contributed by atoms with Crippen LogP contribution >= 0.6 is 11.6 Å². The molecule has 0 spiro atoms. The molecule has 4 nitrogen and oxygen atoms in total. The lowest BCUT2D eigenvalue weighted by atomic mass is 9.90. The molecule has 0 radical (unpaired) electrons. The second kappa shape index (κ2) is 9.36. The number of hydrogen-bond donors (Lipinski definition) is 1. The average Bonchev–Trinajstić information content (AvgIpc) is 2.74. The molecule has 0 atom stereocenters. The van der Waals surface area contributed by atoms with Crippen molar-refractivity contribution in [1.82, 2.24) is 4.98 Å². The Bertz CT molecular complexity index is 970. The van der Waals surface area contributed by atoms with Gasteiger partial charge in [0.2, 0.25) is 5.88 Å². The van der Waals surface area contributed by atoms with E-state index >= 15 is 0 Å². The minimum absolute atomic E-state index is 0.542. The van der Waals surface area contributed by atoms with E-state index in [4.69, 9.17) is 21.1 Å². The summed E-state index contributed by atoms with van der Waals surface area (Å²) in [7, 11) is 0. The molecule has 1 aliphatic rings. The van der Waals surface area contributed by atoms with E-state index in [-0.39, 0.29) is 0 Å². The summed E-state index contributed by atoms with van der Waals surface area (Å²) in [6.45, 7) is 3.71. The highest BCUT2D eigenvalue weighted by Crippen LogP contribution is 2.33. The van der Waals surface area contributed by atoms with Gasteiger partial charge >= 0.3 is 0 Å². The van der Waals surface area contributed by atoms with Gasteiger partial charge in [0.25, 0.3) is 0 Å². The van der Waals surface area contributed by atoms with Crippen molar-refractivity contribution < 1.29 is 9.47 Å². The minimum atomic E-state index is 0.542. The molecular formula is C24H27ClN2O2. The quantitative estimate of drug-likeness (QED) is 0.452. The molecule has 29 heavy (non-hydrogen) atoms. The molecule has 0 amide bonds. The van der Waals surface area contributed by atoms with Crippen molar-refractivity contribution in [3.8, 4) is 17.4 Å². The maximum Gasteiger partial charge on any atom is 0.219 e. The molecule has 1 heterocycles. The van der Waals surface area contributed by atoms with Crippen LogP contribution in [0.1, 0.15) is 39.0 Å². The van der Waals surface area contributed by atoms with Gasteiger partial charge in [-0.2, -0.15) is 0 Å². The van der Waals surface area contributed by atoms with Gasteiger partial charge in [-0.25, -0.2) is 4.98 Å². The Morgan fingerprint density at radius 1 is 1.03 bits per heavy atom. The van der Waals surface area contributed by atoms with E-state index < -0.39 is 0 Å². The Balaban J connectivity index is 1.42. The molecule has 4 rings (SSSR count). The van der Waals surface area contributed by atoms with Crippen LogP contribution < -0.4 is 14.8 Å². The van der Waals surface area contributed by atoms with Gasteiger partial charge in [0.15, 0.2) is 0 Å². The highest BCUT2D eigenvalue weighted by atomic mass is 35.5. The number of ether oxygens (including phenoxy) is 2. The zero-order chi connectivity index (χ0) is 20.1. The summed E-state index contributed by atoms with van der Waals surface area (Å²) >= 11 is 6.42. The van der Waals surface area contributed by atoms with Gasteiger partial charge in [-0.15, -0.1) is 0 Å². The van der Waals surface area contributed by atoms with Gasteiger partial charge in [0.1, 0.15) is 11.5 Å². The van der Waals surface area contributed by atoms with Crippen LogP contribution in [0.25, 0.3) is 10.9 Å². The van der Waals surface area contributed by atoms with Crippen LogP contribution in [0.2, 0.25) is 5.02 Å². The fourth-order valence-corrected chi connectivity index (χ4v) is 4.05. The molecular weight excluding hydrogens is 384 g/mol. The number of halogens is 1. The third-order valence-electron chi connectivity index (χ3n) is 5.37. The molecule has 1 aromatic heterocycles. The maximum absolute atomic E-state index is 6.42. The van der Waals surface area contributed by atoms with E-state index in [1.165, 1.54) is 32.1 Å². The third kappa shape index (κ3) is 5.13. The van der Waals surface area contributed by atoms with Crippen molar-refractivity contribution in [3.63, 3.8) is 0 Å². The molecule has 1 saturated carbocycles. The van der Waals surface area contributed by atoms with Gasteiger partial charge < -0.3 is 14.8 Å². The molecule has 1 N–H and O–H groups in total. The summed E-state index contributed by atoms with van der Waals surface area (Å²) in [4.78, 5) is 4.60. The normalized spacial score (nSPS) is 14.7. The fraction of sp³-hybridized carbons (Fsp3) is 0.375. The Kier molecular flexibility index (Phi) is 6.40. The maximum atomic E-state index is 6.42. The molecule has 152 valence electrons. The van der Waals surface area contributed by atoms with E-state index in [1.54, 1.807) is 6.07 Å². The molecule has 1 fully saturated rings. The summed E-state index contributed by atoms with van der Waals surface area (Å²) in [6, 6.07) is 15.5. The summed E-state index contributed by atoms with van der Waals surface area (Å²) in [6.07, 6.45) is 6.47. The highest BCUT2D eigenvalue weighted by Gasteiger charge is 2.15. The molecule has 0 aliphatic heterocycles. The van der Waals surface area contributed by atoms with Crippen LogP contribution in [0.15, 0.2) is 48.5 Å². The van der Waals surface area contributed by atoms with Crippen molar-refractivity contribution in [2.24, 2.45) is 5.92 Å². The van der Waals surface area contributed by atoms with Gasteiger partial charge in [0, 0.05) is 29.8 Å². The standard InChI is InChI=1S/C24H27ClN2O2/c1-2-26-19-9-11-22-18(14-19)8-13-24(27-22)29-20-10-12-23(21(25)15-20)28-16-17-6-4-3-5-7-17/h8-15,17,26H,2-7,16H2,1H3. The van der Waals surface area contributed by atoms with E-state index in [1.807, 2.05) is 36.4 Å². The molecule has 0 bridgehead atoms. The van der Waals surface area contributed by atoms with E-state index in [0.717, 1.165) is 29.7 Å². The Hall–Kier alpha value is -2.46. The summed E-state index contributed by atoms with van der Waals surface area (Å²) in [5.74, 6) is 2.55. The number of anilines is 1. The van der Waals surface area contributed by atoms with Gasteiger partial charge in [0.05, 0.1) is 17.1 Å². The lowest BCUT2D eigenvalue weighted by Gasteiger charge is -2.22. The Morgan fingerprint density at radius 3 is 2.69 bits per heavy atom. The molecule has 5 heteroatoms. The number of nitrogens with one attached hydrogen (secondary N) is 1. The van der Waals surface area contributed by atoms with Crippen molar-refractivity contribution in [1.29, 1.82) is 0 Å². The smallest absolute Gasteiger partial charge is 0.219 e. The summed E-state index contributed by atoms with van der Waals surface area (Å²) in [5.41, 5.74) is 1.98. The lowest BCUT2D eigenvalue weighted by Crippen LogP contribution is -2.15. The molecule has 3 aromatic rings. The number of aromatic nitrogens is 1. The van der Waals surface area contributed by atoms with Gasteiger partial charge in [-0.1, -0.05) is 30.9 Å². The number of pyridine rings is 1. The zero-order valence-electron chi connectivity index (χ0n) is 16.8. The monoisotopic (exact) mass is 410 g/mol. The molecule has 0 unspecified atom stereocenters. The molecule has 2 aromatic carbocycles. The Morgan fingerprint density at radius 2 is 1.90 bits per heavy atom. The SMILES string of the molecule is CCNc1ccc2nc(Oc3ccc(OCC4CCCCC4)c(Cl)c3)ccc2c1. The summed E-state index contributed by atoms with van der Waals surface area (Å²) < 4.78 is 11.9. The number of benzene rings is 2. The fourth-order valence-electron chi connectivity index (χ4n) is 3.82. The predicted molar refractivity (Wildman–Crippen MR) is 120 cm³/mol.